The van der Waals surface area contributed by atoms with Crippen LogP contribution in [0.5, 0.6) is 11.5 Å². The second-order valence-electron chi connectivity index (χ2n) is 8.30. The van der Waals surface area contributed by atoms with Gasteiger partial charge in [0.15, 0.2) is 23.0 Å². The molecule has 4 unspecified atom stereocenters. The van der Waals surface area contributed by atoms with Crippen LogP contribution in [0.2, 0.25) is 0 Å². The van der Waals surface area contributed by atoms with Gasteiger partial charge in [-0.1, -0.05) is 0 Å². The van der Waals surface area contributed by atoms with Gasteiger partial charge in [0.05, 0.1) is 26.9 Å². The molecule has 4 rings (SSSR count). The molecule has 1 aromatic carbocycles. The van der Waals surface area contributed by atoms with Crippen LogP contribution in [0.15, 0.2) is 17.9 Å². The third kappa shape index (κ3) is 2.74. The maximum atomic E-state index is 12.9. The van der Waals surface area contributed by atoms with Crippen LogP contribution in [-0.2, 0) is 31.1 Å². The number of benzene rings is 1. The molecule has 1 heterocycles. The van der Waals surface area contributed by atoms with Crippen LogP contribution in [-0.4, -0.2) is 60.7 Å². The lowest BCUT2D eigenvalue weighted by Gasteiger charge is -2.58. The lowest BCUT2D eigenvalue weighted by Crippen LogP contribution is -2.62. The largest absolute Gasteiger partial charge is 0.504 e. The Labute approximate surface area is 175 Å². The zero-order chi connectivity index (χ0) is 21.8. The molecule has 4 atom stereocenters. The lowest BCUT2D eigenvalue weighted by molar-refractivity contribution is -0.157. The van der Waals surface area contributed by atoms with Gasteiger partial charge in [-0.25, -0.2) is 0 Å². The van der Waals surface area contributed by atoms with Gasteiger partial charge in [0.2, 0.25) is 0 Å². The van der Waals surface area contributed by atoms with Crippen molar-refractivity contribution in [3.63, 3.8) is 0 Å². The molecule has 8 nitrogen and oxygen atoms in total. The number of hydrogen-bond donors (Lipinski definition) is 2. The summed E-state index contributed by atoms with van der Waals surface area (Å²) in [4.78, 5) is 27.0. The van der Waals surface area contributed by atoms with Crippen molar-refractivity contribution in [1.29, 1.82) is 0 Å². The molecule has 1 aromatic rings. The molecule has 0 amide bonds. The molecule has 8 heteroatoms. The smallest absolute Gasteiger partial charge is 0.303 e. The Morgan fingerprint density at radius 1 is 1.33 bits per heavy atom. The number of carbonyl (C=O) groups excluding carboxylic acids is 2. The highest BCUT2D eigenvalue weighted by molar-refractivity contribution is 5.96. The number of likely N-dealkylation sites (tertiary alicyclic amines) is 1. The number of ketones is 1. The number of aliphatic hydroxyl groups is 1. The van der Waals surface area contributed by atoms with Crippen LogP contribution < -0.4 is 4.74 Å². The summed E-state index contributed by atoms with van der Waals surface area (Å²) in [6.45, 7) is 1.68. The zero-order valence-electron chi connectivity index (χ0n) is 17.6. The normalized spacial score (nSPS) is 30.1. The Morgan fingerprint density at radius 2 is 2.07 bits per heavy atom. The average molecular weight is 417 g/mol. The van der Waals surface area contributed by atoms with Gasteiger partial charge in [-0.05, 0) is 37.7 Å². The predicted molar refractivity (Wildman–Crippen MR) is 106 cm³/mol. The summed E-state index contributed by atoms with van der Waals surface area (Å²) in [5.74, 6) is -0.395. The van der Waals surface area contributed by atoms with E-state index in [1.54, 1.807) is 6.07 Å². The molecule has 0 aromatic heterocycles. The number of aliphatic hydroxyl groups excluding tert-OH is 1. The second kappa shape index (κ2) is 7.28. The standard InChI is InChI=1S/C22H27NO7/c1-11(25)30-21-17-12(10-24)7-16(29-4)20(27)18(17)22-5-6-23(2)19(21)13(22)8-15(28-3)14(26)9-22/h7-8,13,19,21,24,27H,5-6,9-10H2,1-4H3. The van der Waals surface area contributed by atoms with E-state index in [1.165, 1.54) is 21.1 Å². The fraction of sp³-hybridized carbons (Fsp3) is 0.545. The van der Waals surface area contributed by atoms with Crippen molar-refractivity contribution >= 4 is 11.8 Å². The summed E-state index contributed by atoms with van der Waals surface area (Å²) in [5.41, 5.74) is 0.912. The molecule has 0 spiro atoms. The van der Waals surface area contributed by atoms with Crippen molar-refractivity contribution < 1.29 is 34.0 Å². The van der Waals surface area contributed by atoms with E-state index in [2.05, 4.69) is 4.90 Å². The molecule has 2 bridgehead atoms. The van der Waals surface area contributed by atoms with Crippen molar-refractivity contribution in [1.82, 2.24) is 4.90 Å². The highest BCUT2D eigenvalue weighted by Crippen LogP contribution is 2.61. The summed E-state index contributed by atoms with van der Waals surface area (Å²) in [6, 6.07) is 1.30. The number of carbonyl (C=O) groups is 2. The molecule has 1 fully saturated rings. The molecule has 0 saturated carbocycles. The molecule has 162 valence electrons. The van der Waals surface area contributed by atoms with Gasteiger partial charge in [0.25, 0.3) is 0 Å². The number of hydrogen-bond acceptors (Lipinski definition) is 8. The number of methoxy groups -OCH3 is 2. The van der Waals surface area contributed by atoms with Crippen LogP contribution in [0, 0.1) is 5.92 Å². The Balaban J connectivity index is 2.09. The molecule has 1 saturated heterocycles. The van der Waals surface area contributed by atoms with Crippen molar-refractivity contribution in [3.05, 3.63) is 34.6 Å². The first-order chi connectivity index (χ1) is 14.3. The highest BCUT2D eigenvalue weighted by atomic mass is 16.5. The van der Waals surface area contributed by atoms with Gasteiger partial charge in [-0.15, -0.1) is 0 Å². The van der Waals surface area contributed by atoms with Gasteiger partial charge in [0, 0.05) is 35.8 Å². The Morgan fingerprint density at radius 3 is 2.67 bits per heavy atom. The van der Waals surface area contributed by atoms with Gasteiger partial charge < -0.3 is 24.4 Å². The second-order valence-corrected chi connectivity index (χ2v) is 8.30. The lowest BCUT2D eigenvalue weighted by atomic mass is 9.52. The number of likely N-dealkylation sites (N-methyl/N-ethyl adjacent to an activating group) is 1. The van der Waals surface area contributed by atoms with Crippen molar-refractivity contribution in [2.75, 3.05) is 27.8 Å². The Hall–Kier alpha value is -2.58. The monoisotopic (exact) mass is 417 g/mol. The first-order valence-corrected chi connectivity index (χ1v) is 9.99. The van der Waals surface area contributed by atoms with E-state index in [4.69, 9.17) is 14.2 Å². The van der Waals surface area contributed by atoms with E-state index in [9.17, 15) is 19.8 Å². The number of esters is 1. The average Bonchev–Trinajstić information content (AvgIpc) is 2.71. The maximum absolute atomic E-state index is 12.9. The molecule has 2 N–H and O–H groups in total. The van der Waals surface area contributed by atoms with Gasteiger partial charge in [0.1, 0.15) is 6.10 Å². The number of aromatic hydroxyl groups is 1. The molecule has 0 radical (unpaired) electrons. The number of nitrogens with zero attached hydrogens (tertiary/aromatic N) is 1. The van der Waals surface area contributed by atoms with Crippen molar-refractivity contribution in [3.8, 4) is 11.5 Å². The number of allylic oxidation sites excluding steroid dienone is 1. The quantitative estimate of drug-likeness (QED) is 0.712. The number of fused-ring (bicyclic) bond motifs is 1. The summed E-state index contributed by atoms with van der Waals surface area (Å²) < 4.78 is 16.5. The number of rotatable bonds is 4. The summed E-state index contributed by atoms with van der Waals surface area (Å²) in [5, 5.41) is 21.3. The van der Waals surface area contributed by atoms with E-state index < -0.39 is 17.5 Å². The summed E-state index contributed by atoms with van der Waals surface area (Å²) >= 11 is 0. The highest BCUT2D eigenvalue weighted by Gasteiger charge is 2.61. The summed E-state index contributed by atoms with van der Waals surface area (Å²) in [7, 11) is 4.86. The molecule has 30 heavy (non-hydrogen) atoms. The van der Waals surface area contributed by atoms with E-state index in [-0.39, 0.29) is 48.0 Å². The van der Waals surface area contributed by atoms with E-state index in [0.29, 0.717) is 29.7 Å². The van der Waals surface area contributed by atoms with Crippen molar-refractivity contribution in [2.24, 2.45) is 5.92 Å². The molecular weight excluding hydrogens is 390 g/mol. The number of piperidine rings is 1. The van der Waals surface area contributed by atoms with Crippen LogP contribution in [0.4, 0.5) is 0 Å². The van der Waals surface area contributed by atoms with Crippen molar-refractivity contribution in [2.45, 2.75) is 43.9 Å². The number of phenolic OH excluding ortho intramolecular Hbond substituents is 1. The van der Waals surface area contributed by atoms with Crippen LogP contribution >= 0.6 is 0 Å². The van der Waals surface area contributed by atoms with Crippen LogP contribution in [0.25, 0.3) is 0 Å². The van der Waals surface area contributed by atoms with E-state index >= 15 is 0 Å². The fourth-order valence-corrected chi connectivity index (χ4v) is 5.68. The minimum absolute atomic E-state index is 0.0723. The topological polar surface area (TPSA) is 106 Å². The minimum Gasteiger partial charge on any atom is -0.504 e. The first-order valence-electron chi connectivity index (χ1n) is 9.99. The fourth-order valence-electron chi connectivity index (χ4n) is 5.68. The maximum Gasteiger partial charge on any atom is 0.303 e. The van der Waals surface area contributed by atoms with Gasteiger partial charge >= 0.3 is 5.97 Å². The van der Waals surface area contributed by atoms with Crippen LogP contribution in [0.3, 0.4) is 0 Å². The van der Waals surface area contributed by atoms with Crippen LogP contribution in [0.1, 0.15) is 42.6 Å². The number of Topliss-reactive ketones (excluding diaryl/α,β-unsaturated/α-hetero) is 1. The predicted octanol–water partition coefficient (Wildman–Crippen LogP) is 1.57. The third-order valence-electron chi connectivity index (χ3n) is 6.89. The van der Waals surface area contributed by atoms with E-state index in [1.807, 2.05) is 13.1 Å². The Kier molecular flexibility index (Phi) is 5.02. The summed E-state index contributed by atoms with van der Waals surface area (Å²) in [6.07, 6.45) is 1.87. The molecule has 3 aliphatic rings. The van der Waals surface area contributed by atoms with Gasteiger partial charge in [-0.3, -0.25) is 14.5 Å². The number of phenols is 1. The molecule has 1 aliphatic heterocycles. The first kappa shape index (κ1) is 20.7. The molecule has 2 aliphatic carbocycles. The minimum atomic E-state index is -0.720. The number of ether oxygens (including phenoxy) is 3. The SMILES string of the molecule is COC1=CC2C3C(OC(C)=O)c4c(CO)cc(OC)c(O)c4C2(CCN3C)CC1=O. The molecular formula is C22H27NO7. The van der Waals surface area contributed by atoms with Gasteiger partial charge in [-0.2, -0.15) is 0 Å². The zero-order valence-corrected chi connectivity index (χ0v) is 17.6. The Bertz CT molecular complexity index is 940. The third-order valence-corrected chi connectivity index (χ3v) is 6.89. The van der Waals surface area contributed by atoms with E-state index in [0.717, 1.165) is 0 Å².